The lowest BCUT2D eigenvalue weighted by Crippen LogP contribution is -2.37. The number of carbonyl (C=O) groups excluding carboxylic acids is 1. The summed E-state index contributed by atoms with van der Waals surface area (Å²) < 4.78 is 29.4. The maximum atomic E-state index is 15.3. The van der Waals surface area contributed by atoms with Gasteiger partial charge in [-0.2, -0.15) is 5.10 Å². The Morgan fingerprint density at radius 3 is 2.76 bits per heavy atom. The van der Waals surface area contributed by atoms with Gasteiger partial charge >= 0.3 is 6.09 Å². The van der Waals surface area contributed by atoms with E-state index in [1.54, 1.807) is 51.0 Å². The molecule has 12 heteroatoms. The normalized spacial score (nSPS) is 16.1. The van der Waals surface area contributed by atoms with Crippen molar-refractivity contribution in [2.75, 3.05) is 18.1 Å². The molecular weight excluding hydrogens is 505 g/mol. The summed E-state index contributed by atoms with van der Waals surface area (Å²) in [6.07, 6.45) is 4.48. The standard InChI is InChI=1S/C26H32FN7O3Si/c1-17(2)22-14-37-26(35)34(22)23-8-9-33-25(30-23)20(13-29-33)18-6-7-19(21(27)12-18)24-28-15-32(31-24)16-36-10-11-38(3,4)5/h6-9,12-13,15,17,22H,10-11,14,16H2,1-5H3. The van der Waals surface area contributed by atoms with Crippen molar-refractivity contribution in [1.29, 1.82) is 0 Å². The van der Waals surface area contributed by atoms with Crippen molar-refractivity contribution in [1.82, 2.24) is 29.4 Å². The van der Waals surface area contributed by atoms with E-state index < -0.39 is 20.0 Å². The zero-order valence-electron chi connectivity index (χ0n) is 22.3. The smallest absolute Gasteiger partial charge is 0.415 e. The molecule has 3 aromatic heterocycles. The molecular formula is C26H32FN7O3Si. The molecule has 1 aliphatic heterocycles. The zero-order chi connectivity index (χ0) is 27.0. The Morgan fingerprint density at radius 2 is 2.03 bits per heavy atom. The number of hydrogen-bond donors (Lipinski definition) is 0. The van der Waals surface area contributed by atoms with E-state index >= 15 is 4.39 Å². The zero-order valence-corrected chi connectivity index (χ0v) is 23.3. The lowest BCUT2D eigenvalue weighted by Gasteiger charge is -2.23. The van der Waals surface area contributed by atoms with E-state index in [-0.39, 0.29) is 24.5 Å². The van der Waals surface area contributed by atoms with E-state index in [0.29, 0.717) is 41.4 Å². The van der Waals surface area contributed by atoms with Crippen molar-refractivity contribution in [2.45, 2.75) is 52.3 Å². The van der Waals surface area contributed by atoms with Crippen molar-refractivity contribution >= 4 is 25.6 Å². The van der Waals surface area contributed by atoms with Crippen LogP contribution < -0.4 is 4.90 Å². The average Bonchev–Trinajstić information content (AvgIpc) is 3.59. The second-order valence-electron chi connectivity index (χ2n) is 11.0. The van der Waals surface area contributed by atoms with Crippen LogP contribution in [0, 0.1) is 11.7 Å². The number of fused-ring (bicyclic) bond motifs is 1. The van der Waals surface area contributed by atoms with Crippen LogP contribution >= 0.6 is 0 Å². The predicted molar refractivity (Wildman–Crippen MR) is 144 cm³/mol. The molecule has 0 bridgehead atoms. The van der Waals surface area contributed by atoms with E-state index in [4.69, 9.17) is 14.5 Å². The second-order valence-corrected chi connectivity index (χ2v) is 16.6. The molecule has 0 radical (unpaired) electrons. The summed E-state index contributed by atoms with van der Waals surface area (Å²) in [5.41, 5.74) is 2.04. The number of halogens is 1. The van der Waals surface area contributed by atoms with Crippen LogP contribution in [0.2, 0.25) is 25.7 Å². The van der Waals surface area contributed by atoms with Gasteiger partial charge < -0.3 is 9.47 Å². The van der Waals surface area contributed by atoms with Gasteiger partial charge in [-0.15, -0.1) is 5.10 Å². The summed E-state index contributed by atoms with van der Waals surface area (Å²) in [6.45, 7) is 12.2. The number of carbonyl (C=O) groups is 1. The third kappa shape index (κ3) is 5.32. The third-order valence-corrected chi connectivity index (χ3v) is 8.26. The van der Waals surface area contributed by atoms with Gasteiger partial charge in [-0.25, -0.2) is 28.4 Å². The Labute approximate surface area is 221 Å². The molecule has 38 heavy (non-hydrogen) atoms. The molecule has 1 atom stereocenters. The topological polar surface area (TPSA) is 99.7 Å². The van der Waals surface area contributed by atoms with Crippen LogP contribution in [0.25, 0.3) is 28.2 Å². The van der Waals surface area contributed by atoms with Crippen molar-refractivity contribution in [3.05, 3.63) is 48.8 Å². The second kappa shape index (κ2) is 10.3. The van der Waals surface area contributed by atoms with Gasteiger partial charge in [0.25, 0.3) is 0 Å². The minimum atomic E-state index is -1.17. The summed E-state index contributed by atoms with van der Waals surface area (Å²) in [5, 5.41) is 8.73. The van der Waals surface area contributed by atoms with E-state index in [9.17, 15) is 4.79 Å². The van der Waals surface area contributed by atoms with Crippen molar-refractivity contribution in [3.8, 4) is 22.5 Å². The van der Waals surface area contributed by atoms with Gasteiger partial charge in [0.1, 0.15) is 31.3 Å². The predicted octanol–water partition coefficient (Wildman–Crippen LogP) is 5.09. The van der Waals surface area contributed by atoms with E-state index in [2.05, 4.69) is 34.8 Å². The summed E-state index contributed by atoms with van der Waals surface area (Å²) in [6, 6.07) is 7.54. The van der Waals surface area contributed by atoms with Gasteiger partial charge in [-0.3, -0.25) is 4.90 Å². The lowest BCUT2D eigenvalue weighted by atomic mass is 10.0. The molecule has 0 aliphatic carbocycles. The average molecular weight is 538 g/mol. The highest BCUT2D eigenvalue weighted by molar-refractivity contribution is 6.76. The summed E-state index contributed by atoms with van der Waals surface area (Å²) in [7, 11) is -1.17. The molecule has 0 saturated carbocycles. The highest BCUT2D eigenvalue weighted by atomic mass is 28.3. The number of aromatic nitrogens is 6. The fourth-order valence-electron chi connectivity index (χ4n) is 4.27. The Morgan fingerprint density at radius 1 is 1.21 bits per heavy atom. The molecule has 4 heterocycles. The summed E-state index contributed by atoms with van der Waals surface area (Å²) in [5.74, 6) is 0.493. The molecule has 0 N–H and O–H groups in total. The van der Waals surface area contributed by atoms with E-state index in [1.807, 2.05) is 13.8 Å². The highest BCUT2D eigenvalue weighted by Crippen LogP contribution is 2.31. The Kier molecular flexibility index (Phi) is 7.01. The number of rotatable bonds is 9. The molecule has 1 unspecified atom stereocenters. The first kappa shape index (κ1) is 26.0. The lowest BCUT2D eigenvalue weighted by molar-refractivity contribution is 0.0784. The maximum Gasteiger partial charge on any atom is 0.415 e. The first-order chi connectivity index (χ1) is 18.1. The minimum Gasteiger partial charge on any atom is -0.447 e. The highest BCUT2D eigenvalue weighted by Gasteiger charge is 2.37. The fraction of sp³-hybridized carbons (Fsp3) is 0.423. The molecule has 200 valence electrons. The number of anilines is 1. The monoisotopic (exact) mass is 537 g/mol. The van der Waals surface area contributed by atoms with Crippen LogP contribution in [-0.2, 0) is 16.2 Å². The van der Waals surface area contributed by atoms with Crippen LogP contribution in [0.5, 0.6) is 0 Å². The van der Waals surface area contributed by atoms with Gasteiger partial charge in [0.15, 0.2) is 11.5 Å². The first-order valence-electron chi connectivity index (χ1n) is 12.7. The van der Waals surface area contributed by atoms with Gasteiger partial charge in [-0.05, 0) is 35.7 Å². The Bertz CT molecular complexity index is 1460. The summed E-state index contributed by atoms with van der Waals surface area (Å²) >= 11 is 0. The number of nitrogens with zero attached hydrogens (tertiary/aromatic N) is 7. The van der Waals surface area contributed by atoms with Crippen LogP contribution in [0.4, 0.5) is 15.0 Å². The number of ether oxygens (including phenoxy) is 2. The maximum absolute atomic E-state index is 15.3. The number of amides is 1. The van der Waals surface area contributed by atoms with Gasteiger partial charge in [0, 0.05) is 26.4 Å². The first-order valence-corrected chi connectivity index (χ1v) is 16.4. The van der Waals surface area contributed by atoms with Crippen LogP contribution in [-0.4, -0.2) is 62.8 Å². The Hall–Kier alpha value is -3.64. The van der Waals surface area contributed by atoms with Crippen molar-refractivity contribution in [3.63, 3.8) is 0 Å². The molecule has 1 amide bonds. The van der Waals surface area contributed by atoms with Crippen LogP contribution in [0.1, 0.15) is 13.8 Å². The minimum absolute atomic E-state index is 0.112. The molecule has 10 nitrogen and oxygen atoms in total. The molecule has 1 saturated heterocycles. The largest absolute Gasteiger partial charge is 0.447 e. The van der Waals surface area contributed by atoms with Gasteiger partial charge in [0.05, 0.1) is 17.8 Å². The third-order valence-electron chi connectivity index (χ3n) is 6.55. The molecule has 0 spiro atoms. The molecule has 4 aromatic rings. The van der Waals surface area contributed by atoms with Crippen molar-refractivity contribution in [2.24, 2.45) is 5.92 Å². The van der Waals surface area contributed by atoms with Crippen LogP contribution in [0.15, 0.2) is 43.0 Å². The molecule has 1 aromatic carbocycles. The Balaban J connectivity index is 1.37. The van der Waals surface area contributed by atoms with Gasteiger partial charge in [-0.1, -0.05) is 39.6 Å². The fourth-order valence-corrected chi connectivity index (χ4v) is 5.02. The number of cyclic esters (lactones) is 1. The molecule has 1 fully saturated rings. The van der Waals surface area contributed by atoms with Crippen LogP contribution in [0.3, 0.4) is 0 Å². The summed E-state index contributed by atoms with van der Waals surface area (Å²) in [4.78, 5) is 23.0. The quantitative estimate of drug-likeness (QED) is 0.217. The molecule has 5 rings (SSSR count). The van der Waals surface area contributed by atoms with Gasteiger partial charge in [0.2, 0.25) is 0 Å². The molecule has 1 aliphatic rings. The van der Waals surface area contributed by atoms with Crippen molar-refractivity contribution < 1.29 is 18.7 Å². The number of benzene rings is 1. The number of hydrogen-bond acceptors (Lipinski definition) is 7. The van der Waals surface area contributed by atoms with E-state index in [1.165, 1.54) is 6.07 Å². The SMILES string of the molecule is CC(C)C1COC(=O)N1c1ccn2ncc(-c3ccc(-c4ncn(COCC[Si](C)(C)C)n4)c(F)c3)c2n1. The van der Waals surface area contributed by atoms with E-state index in [0.717, 1.165) is 6.04 Å².